The quantitative estimate of drug-likeness (QED) is 0.733. The minimum Gasteiger partial charge on any atom is -0.348 e. The van der Waals surface area contributed by atoms with Crippen LogP contribution >= 0.6 is 11.6 Å². The molecule has 6 nitrogen and oxygen atoms in total. The average molecular weight is 386 g/mol. The fraction of sp³-hybridized carbons (Fsp3) is 0.250. The average Bonchev–Trinajstić information content (AvgIpc) is 2.66. The predicted octanol–water partition coefficient (Wildman–Crippen LogP) is 2.71. The van der Waals surface area contributed by atoms with Gasteiger partial charge in [-0.1, -0.05) is 41.9 Å². The van der Waals surface area contributed by atoms with Gasteiger partial charge in [-0.05, 0) is 37.6 Å². The molecule has 3 rings (SSSR count). The van der Waals surface area contributed by atoms with Crippen LogP contribution in [0.5, 0.6) is 0 Å². The smallest absolute Gasteiger partial charge is 0.331 e. The molecule has 1 atom stereocenters. The molecule has 0 aliphatic rings. The first-order chi connectivity index (χ1) is 12.9. The zero-order valence-electron chi connectivity index (χ0n) is 15.1. The van der Waals surface area contributed by atoms with Crippen LogP contribution < -0.4 is 16.6 Å². The van der Waals surface area contributed by atoms with Gasteiger partial charge in [0.05, 0.1) is 16.9 Å². The number of rotatable bonds is 5. The van der Waals surface area contributed by atoms with Crippen molar-refractivity contribution in [2.24, 2.45) is 0 Å². The molecule has 3 aromatic rings. The van der Waals surface area contributed by atoms with Crippen LogP contribution in [0, 0.1) is 0 Å². The number of carbonyl (C=O) groups excluding carboxylic acids is 1. The highest BCUT2D eigenvalue weighted by molar-refractivity contribution is 6.31. The number of hydrogen-bond acceptors (Lipinski definition) is 3. The third-order valence-corrected chi connectivity index (χ3v) is 4.84. The van der Waals surface area contributed by atoms with Crippen LogP contribution in [0.4, 0.5) is 0 Å². The number of para-hydroxylation sites is 1. The number of fused-ring (bicyclic) bond motifs is 1. The molecular weight excluding hydrogens is 366 g/mol. The van der Waals surface area contributed by atoms with E-state index in [0.717, 1.165) is 10.1 Å². The first-order valence-electron chi connectivity index (χ1n) is 8.70. The van der Waals surface area contributed by atoms with E-state index in [1.807, 2.05) is 25.1 Å². The number of halogens is 1. The molecule has 0 fully saturated rings. The number of aromatic nitrogens is 2. The monoisotopic (exact) mass is 385 g/mol. The van der Waals surface area contributed by atoms with E-state index in [4.69, 9.17) is 11.6 Å². The van der Waals surface area contributed by atoms with E-state index in [0.29, 0.717) is 15.9 Å². The molecule has 2 aromatic carbocycles. The molecule has 1 amide bonds. The Morgan fingerprint density at radius 1 is 1.07 bits per heavy atom. The lowest BCUT2D eigenvalue weighted by molar-refractivity contribution is -0.122. The van der Waals surface area contributed by atoms with E-state index in [1.54, 1.807) is 37.3 Å². The summed E-state index contributed by atoms with van der Waals surface area (Å²) in [6.07, 6.45) is 0. The van der Waals surface area contributed by atoms with Gasteiger partial charge in [0.25, 0.3) is 5.56 Å². The lowest BCUT2D eigenvalue weighted by Crippen LogP contribution is -2.42. The highest BCUT2D eigenvalue weighted by Crippen LogP contribution is 2.22. The van der Waals surface area contributed by atoms with E-state index in [2.05, 4.69) is 5.32 Å². The van der Waals surface area contributed by atoms with Gasteiger partial charge in [0.15, 0.2) is 0 Å². The summed E-state index contributed by atoms with van der Waals surface area (Å²) in [7, 11) is 0. The second kappa shape index (κ2) is 7.80. The molecule has 27 heavy (non-hydrogen) atoms. The largest absolute Gasteiger partial charge is 0.348 e. The van der Waals surface area contributed by atoms with Crippen LogP contribution in [0.15, 0.2) is 58.1 Å². The molecule has 0 radical (unpaired) electrons. The zero-order valence-corrected chi connectivity index (χ0v) is 15.9. The summed E-state index contributed by atoms with van der Waals surface area (Å²) in [5.41, 5.74) is 0.391. The van der Waals surface area contributed by atoms with Crippen LogP contribution in [0.25, 0.3) is 10.9 Å². The van der Waals surface area contributed by atoms with Crippen LogP contribution in [0.2, 0.25) is 5.02 Å². The van der Waals surface area contributed by atoms with Crippen LogP contribution in [0.1, 0.15) is 25.5 Å². The van der Waals surface area contributed by atoms with Crippen molar-refractivity contribution >= 4 is 28.4 Å². The highest BCUT2D eigenvalue weighted by atomic mass is 35.5. The van der Waals surface area contributed by atoms with E-state index >= 15 is 0 Å². The third kappa shape index (κ3) is 3.66. The Kier molecular flexibility index (Phi) is 5.46. The molecule has 0 saturated carbocycles. The third-order valence-electron chi connectivity index (χ3n) is 4.50. The van der Waals surface area contributed by atoms with Crippen molar-refractivity contribution in [1.29, 1.82) is 0 Å². The van der Waals surface area contributed by atoms with E-state index in [9.17, 15) is 14.4 Å². The van der Waals surface area contributed by atoms with Gasteiger partial charge in [0.1, 0.15) is 6.54 Å². The Morgan fingerprint density at radius 3 is 2.44 bits per heavy atom. The molecule has 1 unspecified atom stereocenters. The first kappa shape index (κ1) is 18.9. The zero-order chi connectivity index (χ0) is 19.6. The Bertz CT molecular complexity index is 1120. The highest BCUT2D eigenvalue weighted by Gasteiger charge is 2.17. The van der Waals surface area contributed by atoms with Crippen molar-refractivity contribution in [1.82, 2.24) is 14.5 Å². The maximum absolute atomic E-state index is 12.7. The molecule has 1 heterocycles. The minimum atomic E-state index is -0.498. The van der Waals surface area contributed by atoms with E-state index in [-0.39, 0.29) is 30.6 Å². The molecule has 0 aliphatic carbocycles. The topological polar surface area (TPSA) is 73.1 Å². The maximum atomic E-state index is 12.7. The van der Waals surface area contributed by atoms with Crippen molar-refractivity contribution < 1.29 is 4.79 Å². The Morgan fingerprint density at radius 2 is 1.74 bits per heavy atom. The lowest BCUT2D eigenvalue weighted by atomic mass is 10.1. The lowest BCUT2D eigenvalue weighted by Gasteiger charge is -2.17. The van der Waals surface area contributed by atoms with Crippen molar-refractivity contribution in [2.75, 3.05) is 0 Å². The fourth-order valence-corrected chi connectivity index (χ4v) is 3.44. The molecule has 7 heteroatoms. The van der Waals surface area contributed by atoms with Crippen LogP contribution in [0.3, 0.4) is 0 Å². The van der Waals surface area contributed by atoms with Gasteiger partial charge in [-0.2, -0.15) is 0 Å². The molecular formula is C20H20ClN3O3. The Balaban J connectivity index is 1.95. The van der Waals surface area contributed by atoms with E-state index in [1.165, 1.54) is 4.57 Å². The van der Waals surface area contributed by atoms with Crippen molar-refractivity contribution in [3.8, 4) is 0 Å². The van der Waals surface area contributed by atoms with Crippen molar-refractivity contribution in [2.45, 2.75) is 33.0 Å². The Hall–Kier alpha value is -2.86. The summed E-state index contributed by atoms with van der Waals surface area (Å²) in [5, 5.41) is 3.83. The van der Waals surface area contributed by atoms with Crippen molar-refractivity contribution in [3.05, 3.63) is 80.0 Å². The Labute approximate surface area is 161 Å². The summed E-state index contributed by atoms with van der Waals surface area (Å²) in [4.78, 5) is 37.7. The van der Waals surface area contributed by atoms with Crippen molar-refractivity contribution in [3.63, 3.8) is 0 Å². The fourth-order valence-electron chi connectivity index (χ4n) is 3.14. The molecule has 0 spiro atoms. The van der Waals surface area contributed by atoms with Gasteiger partial charge >= 0.3 is 5.69 Å². The second-order valence-electron chi connectivity index (χ2n) is 6.25. The number of amides is 1. The summed E-state index contributed by atoms with van der Waals surface area (Å²) in [6.45, 7) is 3.60. The summed E-state index contributed by atoms with van der Waals surface area (Å²) >= 11 is 6.18. The SMILES string of the molecule is CCn1c(=O)c2ccccc2n(CC(=O)NC(C)c2ccccc2Cl)c1=O. The predicted molar refractivity (Wildman–Crippen MR) is 106 cm³/mol. The summed E-state index contributed by atoms with van der Waals surface area (Å²) in [5.74, 6) is -0.337. The summed E-state index contributed by atoms with van der Waals surface area (Å²) in [6, 6.07) is 13.7. The molecule has 0 bridgehead atoms. The second-order valence-corrected chi connectivity index (χ2v) is 6.65. The number of carbonyl (C=O) groups is 1. The molecule has 0 aliphatic heterocycles. The number of hydrogen-bond donors (Lipinski definition) is 1. The van der Waals surface area contributed by atoms with Gasteiger partial charge in [-0.25, -0.2) is 4.79 Å². The molecule has 140 valence electrons. The standard InChI is InChI=1S/C20H20ClN3O3/c1-3-23-19(26)15-9-5-7-11-17(15)24(20(23)27)12-18(25)22-13(2)14-8-4-6-10-16(14)21/h4-11,13H,3,12H2,1-2H3,(H,22,25). The summed E-state index contributed by atoms with van der Waals surface area (Å²) < 4.78 is 2.46. The van der Waals surface area contributed by atoms with Crippen LogP contribution in [-0.2, 0) is 17.9 Å². The van der Waals surface area contributed by atoms with Gasteiger partial charge in [0, 0.05) is 11.6 Å². The van der Waals surface area contributed by atoms with E-state index < -0.39 is 5.69 Å². The first-order valence-corrected chi connectivity index (χ1v) is 9.08. The number of nitrogens with one attached hydrogen (secondary N) is 1. The number of nitrogens with zero attached hydrogens (tertiary/aromatic N) is 2. The maximum Gasteiger partial charge on any atom is 0.331 e. The molecule has 1 N–H and O–H groups in total. The number of benzene rings is 2. The van der Waals surface area contributed by atoms with Gasteiger partial charge in [0.2, 0.25) is 5.91 Å². The normalized spacial score (nSPS) is 12.1. The van der Waals surface area contributed by atoms with Gasteiger partial charge in [-0.15, -0.1) is 0 Å². The molecule has 1 aromatic heterocycles. The van der Waals surface area contributed by atoms with Gasteiger partial charge < -0.3 is 5.32 Å². The minimum absolute atomic E-state index is 0.186. The van der Waals surface area contributed by atoms with Crippen LogP contribution in [-0.4, -0.2) is 15.0 Å². The molecule has 0 saturated heterocycles. The van der Waals surface area contributed by atoms with Gasteiger partial charge in [-0.3, -0.25) is 18.7 Å².